The summed E-state index contributed by atoms with van der Waals surface area (Å²) in [6, 6.07) is 2.74. The van der Waals surface area contributed by atoms with Gasteiger partial charge in [0.15, 0.2) is 0 Å². The van der Waals surface area contributed by atoms with Crippen LogP contribution >= 0.6 is 0 Å². The summed E-state index contributed by atoms with van der Waals surface area (Å²) in [6.07, 6.45) is 0.810. The van der Waals surface area contributed by atoms with Gasteiger partial charge < -0.3 is 10.1 Å². The Morgan fingerprint density at radius 3 is 2.78 bits per heavy atom. The number of halogens is 1. The van der Waals surface area contributed by atoms with Gasteiger partial charge in [0.25, 0.3) is 0 Å². The summed E-state index contributed by atoms with van der Waals surface area (Å²) < 4.78 is 17.5. The third-order valence-electron chi connectivity index (χ3n) is 1.68. The number of nitrogens with one attached hydrogen (secondary N) is 1. The Morgan fingerprint density at radius 1 is 1.50 bits per heavy atom. The average molecular weight is 250 g/mol. The summed E-state index contributed by atoms with van der Waals surface area (Å²) >= 11 is 0. The van der Waals surface area contributed by atoms with Crippen molar-refractivity contribution in [1.82, 2.24) is 10.3 Å². The van der Waals surface area contributed by atoms with Crippen molar-refractivity contribution >= 4 is 6.09 Å². The molecule has 0 fully saturated rings. The van der Waals surface area contributed by atoms with Crippen LogP contribution in [0.15, 0.2) is 18.3 Å². The Bertz CT molecular complexity index is 466. The number of hydrogen-bond donors (Lipinski definition) is 1. The Labute approximate surface area is 106 Å². The molecule has 0 atom stereocenters. The first-order valence-corrected chi connectivity index (χ1v) is 5.44. The van der Waals surface area contributed by atoms with Crippen molar-refractivity contribution in [3.63, 3.8) is 0 Å². The summed E-state index contributed by atoms with van der Waals surface area (Å²) in [5, 5.41) is 2.49. The lowest BCUT2D eigenvalue weighted by Gasteiger charge is -2.18. The Hall–Kier alpha value is -2.09. The lowest BCUT2D eigenvalue weighted by molar-refractivity contribution is 0.0535. The molecular weight excluding hydrogens is 235 g/mol. The molecule has 5 heteroatoms. The number of amides is 1. The van der Waals surface area contributed by atoms with Crippen LogP contribution in [0.4, 0.5) is 9.18 Å². The first-order valence-electron chi connectivity index (χ1n) is 5.44. The lowest BCUT2D eigenvalue weighted by Crippen LogP contribution is -2.32. The molecule has 1 aromatic rings. The molecule has 1 heterocycles. The second-order valence-electron chi connectivity index (χ2n) is 4.53. The van der Waals surface area contributed by atoms with Gasteiger partial charge in [-0.25, -0.2) is 9.78 Å². The first-order chi connectivity index (χ1) is 8.37. The number of carbonyl (C=O) groups excluding carboxylic acids is 1. The van der Waals surface area contributed by atoms with Crippen LogP contribution in [0.1, 0.15) is 26.3 Å². The molecule has 1 N–H and O–H groups in total. The number of rotatable bonds is 1. The van der Waals surface area contributed by atoms with Crippen molar-refractivity contribution in [2.45, 2.75) is 26.4 Å². The van der Waals surface area contributed by atoms with Crippen molar-refractivity contribution in [1.29, 1.82) is 0 Å². The van der Waals surface area contributed by atoms with E-state index < -0.39 is 17.6 Å². The number of hydrogen-bond acceptors (Lipinski definition) is 3. The van der Waals surface area contributed by atoms with Crippen molar-refractivity contribution in [3.05, 3.63) is 29.8 Å². The zero-order chi connectivity index (χ0) is 13.6. The molecule has 0 aliphatic heterocycles. The Morgan fingerprint density at radius 2 is 2.22 bits per heavy atom. The van der Waals surface area contributed by atoms with E-state index in [0.717, 1.165) is 0 Å². The molecule has 0 aliphatic carbocycles. The number of carbonyl (C=O) groups is 1. The second-order valence-corrected chi connectivity index (χ2v) is 4.53. The molecule has 0 saturated carbocycles. The van der Waals surface area contributed by atoms with E-state index in [2.05, 4.69) is 22.1 Å². The van der Waals surface area contributed by atoms with Crippen molar-refractivity contribution in [2.24, 2.45) is 0 Å². The van der Waals surface area contributed by atoms with E-state index in [9.17, 15) is 9.18 Å². The van der Waals surface area contributed by atoms with Gasteiger partial charge in [-0.15, -0.1) is 0 Å². The van der Waals surface area contributed by atoms with Crippen molar-refractivity contribution in [2.75, 3.05) is 6.54 Å². The van der Waals surface area contributed by atoms with Crippen LogP contribution in [0.25, 0.3) is 0 Å². The van der Waals surface area contributed by atoms with Gasteiger partial charge in [-0.05, 0) is 32.9 Å². The molecule has 0 unspecified atom stereocenters. The molecular formula is C13H15FN2O2. The smallest absolute Gasteiger partial charge is 0.408 e. The van der Waals surface area contributed by atoms with E-state index >= 15 is 0 Å². The number of aromatic nitrogens is 1. The summed E-state index contributed by atoms with van der Waals surface area (Å²) in [7, 11) is 0. The van der Waals surface area contributed by atoms with Crippen LogP contribution in [-0.4, -0.2) is 23.2 Å². The minimum atomic E-state index is -0.549. The van der Waals surface area contributed by atoms with Crippen LogP contribution in [-0.2, 0) is 4.74 Å². The molecule has 0 aliphatic rings. The van der Waals surface area contributed by atoms with E-state index in [1.165, 1.54) is 18.3 Å². The molecule has 0 saturated heterocycles. The number of alkyl carbamates (subject to hydrolysis) is 1. The Balaban J connectivity index is 2.38. The summed E-state index contributed by atoms with van der Waals surface area (Å²) in [6.45, 7) is 5.50. The summed E-state index contributed by atoms with van der Waals surface area (Å²) in [5.41, 5.74) is 0.0562. The minimum absolute atomic E-state index is 0.159. The van der Waals surface area contributed by atoms with Crippen molar-refractivity contribution in [3.8, 4) is 11.8 Å². The maximum Gasteiger partial charge on any atom is 0.408 e. The standard InChI is InChI=1S/C13H15FN2O2/c1-13(2,3)18-12(17)15-8-4-5-10-6-7-11(14)16-9-10/h6-7,9H,8H2,1-3H3,(H,15,17). The van der Waals surface area contributed by atoms with Gasteiger partial charge in [-0.3, -0.25) is 0 Å². The number of pyridine rings is 1. The lowest BCUT2D eigenvalue weighted by atomic mass is 10.2. The highest BCUT2D eigenvalue weighted by molar-refractivity contribution is 5.68. The quantitative estimate of drug-likeness (QED) is 0.613. The normalized spacial score (nSPS) is 10.2. The van der Waals surface area contributed by atoms with Gasteiger partial charge in [-0.2, -0.15) is 4.39 Å². The van der Waals surface area contributed by atoms with Crippen molar-refractivity contribution < 1.29 is 13.9 Å². The first kappa shape index (κ1) is 14.0. The Kier molecular flexibility index (Phi) is 4.67. The third kappa shape index (κ3) is 5.85. The highest BCUT2D eigenvalue weighted by Crippen LogP contribution is 2.05. The van der Waals surface area contributed by atoms with Gasteiger partial charge in [-0.1, -0.05) is 11.8 Å². The maximum atomic E-state index is 12.5. The summed E-state index contributed by atoms with van der Waals surface area (Å²) in [4.78, 5) is 14.7. The minimum Gasteiger partial charge on any atom is -0.444 e. The van der Waals surface area contributed by atoms with E-state index in [4.69, 9.17) is 4.74 Å². The van der Waals surface area contributed by atoms with E-state index in [0.29, 0.717) is 5.56 Å². The summed E-state index contributed by atoms with van der Waals surface area (Å²) in [5.74, 6) is 4.91. The van der Waals surface area contributed by atoms with Gasteiger partial charge >= 0.3 is 6.09 Å². The monoisotopic (exact) mass is 250 g/mol. The van der Waals surface area contributed by atoms with Gasteiger partial charge in [0, 0.05) is 11.8 Å². The van der Waals surface area contributed by atoms with Gasteiger partial charge in [0.2, 0.25) is 5.95 Å². The number of nitrogens with zero attached hydrogens (tertiary/aromatic N) is 1. The van der Waals surface area contributed by atoms with Crippen LogP contribution in [0.3, 0.4) is 0 Å². The SMILES string of the molecule is CC(C)(C)OC(=O)NCC#Cc1ccc(F)nc1. The molecule has 0 bridgehead atoms. The van der Waals surface area contributed by atoms with Crippen LogP contribution < -0.4 is 5.32 Å². The maximum absolute atomic E-state index is 12.5. The molecule has 1 rings (SSSR count). The largest absolute Gasteiger partial charge is 0.444 e. The molecule has 0 radical (unpaired) electrons. The molecule has 0 spiro atoms. The van der Waals surface area contributed by atoms with Crippen LogP contribution in [0, 0.1) is 17.8 Å². The van der Waals surface area contributed by atoms with Crippen LogP contribution in [0.2, 0.25) is 0 Å². The zero-order valence-electron chi connectivity index (χ0n) is 10.6. The second kappa shape index (κ2) is 6.01. The van der Waals surface area contributed by atoms with E-state index in [-0.39, 0.29) is 6.54 Å². The average Bonchev–Trinajstić information content (AvgIpc) is 2.24. The number of ether oxygens (including phenoxy) is 1. The fourth-order valence-corrected chi connectivity index (χ4v) is 1.03. The molecule has 18 heavy (non-hydrogen) atoms. The zero-order valence-corrected chi connectivity index (χ0v) is 10.6. The fraction of sp³-hybridized carbons (Fsp3) is 0.385. The molecule has 1 amide bonds. The molecule has 0 aromatic carbocycles. The topological polar surface area (TPSA) is 51.2 Å². The van der Waals surface area contributed by atoms with Gasteiger partial charge in [0.1, 0.15) is 5.60 Å². The molecule has 96 valence electrons. The molecule has 4 nitrogen and oxygen atoms in total. The highest BCUT2D eigenvalue weighted by Gasteiger charge is 2.14. The van der Waals surface area contributed by atoms with E-state index in [1.54, 1.807) is 20.8 Å². The predicted molar refractivity (Wildman–Crippen MR) is 65.3 cm³/mol. The fourth-order valence-electron chi connectivity index (χ4n) is 1.03. The van der Waals surface area contributed by atoms with E-state index in [1.807, 2.05) is 0 Å². The third-order valence-corrected chi connectivity index (χ3v) is 1.68. The molecule has 1 aromatic heterocycles. The van der Waals surface area contributed by atoms with Gasteiger partial charge in [0.05, 0.1) is 6.54 Å². The predicted octanol–water partition coefficient (Wildman–Crippen LogP) is 2.10. The highest BCUT2D eigenvalue weighted by atomic mass is 19.1. The van der Waals surface area contributed by atoms with Crippen LogP contribution in [0.5, 0.6) is 0 Å².